The summed E-state index contributed by atoms with van der Waals surface area (Å²) in [6, 6.07) is 15.9. The van der Waals surface area contributed by atoms with Crippen LogP contribution in [0.2, 0.25) is 0 Å². The number of carbonyl (C=O) groups excluding carboxylic acids is 1. The summed E-state index contributed by atoms with van der Waals surface area (Å²) in [7, 11) is 0. The van der Waals surface area contributed by atoms with Crippen LogP contribution < -0.4 is 5.32 Å². The molecule has 3 rings (SSSR count). The molecule has 1 saturated heterocycles. The summed E-state index contributed by atoms with van der Waals surface area (Å²) >= 11 is 0. The lowest BCUT2D eigenvalue weighted by atomic mass is 9.70. The molecule has 1 heterocycles. The van der Waals surface area contributed by atoms with E-state index in [1.54, 1.807) is 12.1 Å². The van der Waals surface area contributed by atoms with E-state index in [0.29, 0.717) is 38.9 Å². The average molecular weight is 370 g/mol. The molecular formula is C21H23FN2O3. The van der Waals surface area contributed by atoms with E-state index in [1.165, 1.54) is 17.0 Å². The largest absolute Gasteiger partial charge is 0.465 e. The van der Waals surface area contributed by atoms with Crippen LogP contribution in [0.4, 0.5) is 9.18 Å². The highest BCUT2D eigenvalue weighted by Gasteiger charge is 2.39. The van der Waals surface area contributed by atoms with Crippen LogP contribution >= 0.6 is 0 Å². The number of nitrogens with zero attached hydrogens (tertiary/aromatic N) is 1. The van der Waals surface area contributed by atoms with E-state index in [-0.39, 0.29) is 17.1 Å². The van der Waals surface area contributed by atoms with Gasteiger partial charge >= 0.3 is 6.09 Å². The number of carbonyl (C=O) groups is 2. The Morgan fingerprint density at radius 1 is 1.04 bits per heavy atom. The molecule has 1 aliphatic rings. The van der Waals surface area contributed by atoms with Gasteiger partial charge in [-0.2, -0.15) is 0 Å². The van der Waals surface area contributed by atoms with Crippen LogP contribution in [-0.2, 0) is 16.8 Å². The molecule has 2 N–H and O–H groups in total. The molecule has 0 aliphatic carbocycles. The maximum Gasteiger partial charge on any atom is 0.407 e. The van der Waals surface area contributed by atoms with Crippen molar-refractivity contribution in [2.24, 2.45) is 0 Å². The van der Waals surface area contributed by atoms with Gasteiger partial charge in [-0.1, -0.05) is 42.5 Å². The Balaban J connectivity index is 1.69. The van der Waals surface area contributed by atoms with Crippen LogP contribution in [0, 0.1) is 5.82 Å². The molecular weight excluding hydrogens is 347 g/mol. The molecule has 0 radical (unpaired) electrons. The SMILES string of the molecule is O=C(CC1(c2ccccc2)CCN(C(=O)O)CC1)NCc1ccc(F)cc1. The number of halogens is 1. The fraction of sp³-hybridized carbons (Fsp3) is 0.333. The van der Waals surface area contributed by atoms with Gasteiger partial charge in [-0.15, -0.1) is 0 Å². The quantitative estimate of drug-likeness (QED) is 0.846. The average Bonchev–Trinajstić information content (AvgIpc) is 2.68. The maximum absolute atomic E-state index is 13.0. The summed E-state index contributed by atoms with van der Waals surface area (Å²) in [5.74, 6) is -0.398. The van der Waals surface area contributed by atoms with Gasteiger partial charge in [0.05, 0.1) is 0 Å². The van der Waals surface area contributed by atoms with Crippen molar-refractivity contribution >= 4 is 12.0 Å². The van der Waals surface area contributed by atoms with Crippen LogP contribution in [0.3, 0.4) is 0 Å². The second kappa shape index (κ2) is 8.20. The monoisotopic (exact) mass is 370 g/mol. The first-order valence-corrected chi connectivity index (χ1v) is 9.03. The topological polar surface area (TPSA) is 69.6 Å². The predicted octanol–water partition coefficient (Wildman–Crippen LogP) is 3.54. The standard InChI is InChI=1S/C21H23FN2O3/c22-18-8-6-16(7-9-18)15-23-19(25)14-21(17-4-2-1-3-5-17)10-12-24(13-11-21)20(26)27/h1-9H,10-15H2,(H,23,25)(H,26,27). The molecule has 1 fully saturated rings. The molecule has 27 heavy (non-hydrogen) atoms. The fourth-order valence-corrected chi connectivity index (χ4v) is 3.66. The minimum Gasteiger partial charge on any atom is -0.465 e. The third-order valence-corrected chi connectivity index (χ3v) is 5.28. The molecule has 5 nitrogen and oxygen atoms in total. The zero-order valence-electron chi connectivity index (χ0n) is 15.0. The van der Waals surface area contributed by atoms with Crippen LogP contribution in [0.5, 0.6) is 0 Å². The minimum atomic E-state index is -0.919. The minimum absolute atomic E-state index is 0.0908. The van der Waals surface area contributed by atoms with Crippen LogP contribution in [0.1, 0.15) is 30.4 Å². The Hall–Kier alpha value is -2.89. The molecule has 0 unspecified atom stereocenters. The Bertz CT molecular complexity index is 785. The summed E-state index contributed by atoms with van der Waals surface area (Å²) < 4.78 is 13.0. The molecule has 2 aromatic carbocycles. The Kier molecular flexibility index (Phi) is 5.74. The molecule has 2 aromatic rings. The number of amides is 2. The molecule has 0 atom stereocenters. The predicted molar refractivity (Wildman–Crippen MR) is 99.8 cm³/mol. The Labute approximate surface area is 157 Å². The van der Waals surface area contributed by atoms with E-state index in [2.05, 4.69) is 5.32 Å². The number of carboxylic acid groups (broad SMARTS) is 1. The fourth-order valence-electron chi connectivity index (χ4n) is 3.66. The van der Waals surface area contributed by atoms with Gasteiger partial charge in [0.25, 0.3) is 0 Å². The van der Waals surface area contributed by atoms with E-state index in [0.717, 1.165) is 11.1 Å². The molecule has 0 bridgehead atoms. The number of rotatable bonds is 5. The third kappa shape index (κ3) is 4.64. The van der Waals surface area contributed by atoms with E-state index < -0.39 is 6.09 Å². The lowest BCUT2D eigenvalue weighted by Crippen LogP contribution is -2.46. The lowest BCUT2D eigenvalue weighted by molar-refractivity contribution is -0.123. The van der Waals surface area contributed by atoms with Gasteiger partial charge in [0.1, 0.15) is 5.82 Å². The number of hydrogen-bond donors (Lipinski definition) is 2. The van der Waals surface area contributed by atoms with Crippen molar-refractivity contribution < 1.29 is 19.1 Å². The van der Waals surface area contributed by atoms with Crippen molar-refractivity contribution in [3.05, 3.63) is 71.5 Å². The van der Waals surface area contributed by atoms with Gasteiger partial charge in [-0.25, -0.2) is 9.18 Å². The molecule has 6 heteroatoms. The first-order chi connectivity index (χ1) is 13.0. The van der Waals surface area contributed by atoms with Crippen LogP contribution in [0.15, 0.2) is 54.6 Å². The second-order valence-corrected chi connectivity index (χ2v) is 7.00. The number of likely N-dealkylation sites (tertiary alicyclic amines) is 1. The maximum atomic E-state index is 13.0. The van der Waals surface area contributed by atoms with Crippen molar-refractivity contribution in [3.63, 3.8) is 0 Å². The first-order valence-electron chi connectivity index (χ1n) is 9.03. The van der Waals surface area contributed by atoms with Gasteiger partial charge < -0.3 is 15.3 Å². The molecule has 142 valence electrons. The van der Waals surface area contributed by atoms with Crippen LogP contribution in [-0.4, -0.2) is 35.1 Å². The normalized spacial score (nSPS) is 16.0. The molecule has 0 saturated carbocycles. The van der Waals surface area contributed by atoms with Gasteiger partial charge in [0.15, 0.2) is 0 Å². The van der Waals surface area contributed by atoms with E-state index in [1.807, 2.05) is 30.3 Å². The van der Waals surface area contributed by atoms with Gasteiger partial charge in [0, 0.05) is 31.5 Å². The van der Waals surface area contributed by atoms with E-state index in [4.69, 9.17) is 0 Å². The molecule has 0 spiro atoms. The summed E-state index contributed by atoms with van der Waals surface area (Å²) in [4.78, 5) is 25.3. The Morgan fingerprint density at radius 3 is 2.26 bits per heavy atom. The highest BCUT2D eigenvalue weighted by molar-refractivity contribution is 5.77. The number of benzene rings is 2. The summed E-state index contributed by atoms with van der Waals surface area (Å²) in [5.41, 5.74) is 1.52. The summed E-state index contributed by atoms with van der Waals surface area (Å²) in [5, 5.41) is 12.1. The zero-order valence-corrected chi connectivity index (χ0v) is 15.0. The van der Waals surface area contributed by atoms with Gasteiger partial charge in [-0.3, -0.25) is 4.79 Å². The third-order valence-electron chi connectivity index (χ3n) is 5.28. The Morgan fingerprint density at radius 2 is 1.67 bits per heavy atom. The smallest absolute Gasteiger partial charge is 0.407 e. The first kappa shape index (κ1) is 18.9. The van der Waals surface area contributed by atoms with Gasteiger partial charge in [-0.05, 0) is 36.1 Å². The van der Waals surface area contributed by atoms with E-state index in [9.17, 15) is 19.1 Å². The van der Waals surface area contributed by atoms with Crippen molar-refractivity contribution in [2.45, 2.75) is 31.2 Å². The zero-order chi connectivity index (χ0) is 19.3. The van der Waals surface area contributed by atoms with Crippen molar-refractivity contribution in [1.29, 1.82) is 0 Å². The molecule has 1 aliphatic heterocycles. The lowest BCUT2D eigenvalue weighted by Gasteiger charge is -2.41. The molecule has 2 amide bonds. The number of hydrogen-bond acceptors (Lipinski definition) is 2. The van der Waals surface area contributed by atoms with Crippen molar-refractivity contribution in [1.82, 2.24) is 10.2 Å². The van der Waals surface area contributed by atoms with Crippen molar-refractivity contribution in [2.75, 3.05) is 13.1 Å². The van der Waals surface area contributed by atoms with Crippen molar-refractivity contribution in [3.8, 4) is 0 Å². The number of piperidine rings is 1. The second-order valence-electron chi connectivity index (χ2n) is 7.00. The van der Waals surface area contributed by atoms with Crippen LogP contribution in [0.25, 0.3) is 0 Å². The molecule has 0 aromatic heterocycles. The van der Waals surface area contributed by atoms with E-state index >= 15 is 0 Å². The highest BCUT2D eigenvalue weighted by Crippen LogP contribution is 2.38. The highest BCUT2D eigenvalue weighted by atomic mass is 19.1. The summed E-state index contributed by atoms with van der Waals surface area (Å²) in [6.45, 7) is 1.16. The van der Waals surface area contributed by atoms with Gasteiger partial charge in [0.2, 0.25) is 5.91 Å². The number of nitrogens with one attached hydrogen (secondary N) is 1. The summed E-state index contributed by atoms with van der Waals surface area (Å²) in [6.07, 6.45) is 0.587.